The second-order valence-electron chi connectivity index (χ2n) is 5.07. The van der Waals surface area contributed by atoms with Gasteiger partial charge in [0.2, 0.25) is 0 Å². The minimum Gasteiger partial charge on any atom is -0.385 e. The van der Waals surface area contributed by atoms with Crippen LogP contribution < -0.4 is 5.32 Å². The van der Waals surface area contributed by atoms with E-state index in [9.17, 15) is 4.39 Å². The topological polar surface area (TPSA) is 24.5 Å². The fraction of sp³-hybridized carbons (Fsp3) is 0.625. The summed E-state index contributed by atoms with van der Waals surface area (Å²) in [6.45, 7) is 5.62. The number of benzene rings is 1. The van der Waals surface area contributed by atoms with E-state index in [0.717, 1.165) is 44.6 Å². The molecule has 0 spiro atoms. The van der Waals surface area contributed by atoms with E-state index in [1.54, 1.807) is 13.2 Å². The van der Waals surface area contributed by atoms with E-state index >= 15 is 0 Å². The summed E-state index contributed by atoms with van der Waals surface area (Å²) >= 11 is 0. The molecule has 0 saturated heterocycles. The molecule has 1 atom stereocenters. The molecule has 1 N–H and O–H groups in total. The van der Waals surface area contributed by atoms with Crippen molar-refractivity contribution < 1.29 is 9.13 Å². The Morgan fingerprint density at radius 3 is 2.70 bits per heavy atom. The van der Waals surface area contributed by atoms with E-state index in [4.69, 9.17) is 4.74 Å². The number of methoxy groups -OCH3 is 1. The first kappa shape index (κ1) is 17.1. The number of hydrogen-bond donors (Lipinski definition) is 1. The highest BCUT2D eigenvalue weighted by Gasteiger charge is 2.14. The van der Waals surface area contributed by atoms with Crippen LogP contribution in [0.15, 0.2) is 24.3 Å². The molecule has 0 amide bonds. The Bertz CT molecular complexity index is 373. The largest absolute Gasteiger partial charge is 0.385 e. The summed E-state index contributed by atoms with van der Waals surface area (Å²) in [5.74, 6) is -0.125. The predicted molar refractivity (Wildman–Crippen MR) is 81.4 cm³/mol. The Kier molecular flexibility index (Phi) is 8.42. The Morgan fingerprint density at radius 2 is 2.05 bits per heavy atom. The van der Waals surface area contributed by atoms with Crippen molar-refractivity contribution in [2.24, 2.45) is 0 Å². The molecule has 0 bridgehead atoms. The van der Waals surface area contributed by atoms with Gasteiger partial charge in [-0.2, -0.15) is 0 Å². The Morgan fingerprint density at radius 1 is 1.30 bits per heavy atom. The van der Waals surface area contributed by atoms with Crippen LogP contribution in [0.4, 0.5) is 4.39 Å². The van der Waals surface area contributed by atoms with Crippen LogP contribution in [0.25, 0.3) is 0 Å². The molecule has 0 fully saturated rings. The van der Waals surface area contributed by atoms with Gasteiger partial charge in [0.15, 0.2) is 0 Å². The summed E-state index contributed by atoms with van der Waals surface area (Å²) in [6, 6.07) is 7.10. The molecule has 1 unspecified atom stereocenters. The van der Waals surface area contributed by atoms with Gasteiger partial charge >= 0.3 is 0 Å². The third kappa shape index (κ3) is 5.99. The zero-order valence-electron chi connectivity index (χ0n) is 12.9. The number of nitrogens with zero attached hydrogens (tertiary/aromatic N) is 1. The van der Waals surface area contributed by atoms with E-state index in [2.05, 4.69) is 24.2 Å². The first-order valence-corrected chi connectivity index (χ1v) is 7.34. The fourth-order valence-corrected chi connectivity index (χ4v) is 2.31. The molecular weight excluding hydrogens is 255 g/mol. The molecule has 3 nitrogen and oxygen atoms in total. The molecule has 0 aliphatic carbocycles. The van der Waals surface area contributed by atoms with Gasteiger partial charge in [-0.1, -0.05) is 25.1 Å². The fourth-order valence-electron chi connectivity index (χ4n) is 2.31. The molecule has 0 radical (unpaired) electrons. The Hall–Kier alpha value is -0.970. The van der Waals surface area contributed by atoms with E-state index in [-0.39, 0.29) is 11.9 Å². The smallest absolute Gasteiger partial charge is 0.127 e. The zero-order chi connectivity index (χ0) is 14.8. The average molecular weight is 282 g/mol. The first-order chi connectivity index (χ1) is 9.69. The molecule has 20 heavy (non-hydrogen) atoms. The van der Waals surface area contributed by atoms with E-state index in [1.807, 2.05) is 12.1 Å². The summed E-state index contributed by atoms with van der Waals surface area (Å²) in [5.41, 5.74) is 0.764. The lowest BCUT2D eigenvalue weighted by Crippen LogP contribution is -2.28. The molecule has 0 heterocycles. The number of ether oxygens (including phenoxy) is 1. The Labute approximate surface area is 122 Å². The molecule has 4 heteroatoms. The van der Waals surface area contributed by atoms with Crippen LogP contribution in [-0.2, 0) is 4.74 Å². The molecule has 1 rings (SSSR count). The number of hydrogen-bond acceptors (Lipinski definition) is 3. The third-order valence-electron chi connectivity index (χ3n) is 3.42. The second-order valence-corrected chi connectivity index (χ2v) is 5.07. The molecule has 0 aliphatic rings. The highest BCUT2D eigenvalue weighted by atomic mass is 19.1. The second kappa shape index (κ2) is 9.86. The van der Waals surface area contributed by atoms with Gasteiger partial charge in [0.05, 0.1) is 0 Å². The average Bonchev–Trinajstić information content (AvgIpc) is 2.44. The molecular formula is C16H27FN2O. The van der Waals surface area contributed by atoms with Crippen molar-refractivity contribution in [3.05, 3.63) is 35.6 Å². The molecule has 0 aliphatic heterocycles. The molecule has 1 aromatic carbocycles. The third-order valence-corrected chi connectivity index (χ3v) is 3.42. The monoisotopic (exact) mass is 282 g/mol. The summed E-state index contributed by atoms with van der Waals surface area (Å²) in [5, 5.41) is 3.37. The first-order valence-electron chi connectivity index (χ1n) is 7.34. The standard InChI is InChI=1S/C16H27FN2O/c1-4-18-16(14-8-5-6-9-15(14)17)10-12-19(2)11-7-13-20-3/h5-6,8-9,16,18H,4,7,10-13H2,1-3H3. The number of rotatable bonds is 10. The molecule has 114 valence electrons. The quantitative estimate of drug-likeness (QED) is 0.668. The molecule has 1 aromatic rings. The number of nitrogens with one attached hydrogen (secondary N) is 1. The van der Waals surface area contributed by atoms with Gasteiger partial charge in [0, 0.05) is 31.9 Å². The van der Waals surface area contributed by atoms with Crippen molar-refractivity contribution in [3.63, 3.8) is 0 Å². The molecule has 0 saturated carbocycles. The minimum absolute atomic E-state index is 0.0751. The maximum atomic E-state index is 13.9. The van der Waals surface area contributed by atoms with Crippen molar-refractivity contribution in [3.8, 4) is 0 Å². The van der Waals surface area contributed by atoms with E-state index in [1.165, 1.54) is 6.07 Å². The summed E-state index contributed by atoms with van der Waals surface area (Å²) in [4.78, 5) is 2.27. The van der Waals surface area contributed by atoms with Crippen molar-refractivity contribution >= 4 is 0 Å². The van der Waals surface area contributed by atoms with Crippen LogP contribution >= 0.6 is 0 Å². The Balaban J connectivity index is 2.49. The van der Waals surface area contributed by atoms with Gasteiger partial charge in [-0.05, 0) is 39.0 Å². The normalized spacial score (nSPS) is 12.8. The van der Waals surface area contributed by atoms with Gasteiger partial charge in [-0.25, -0.2) is 4.39 Å². The molecule has 0 aromatic heterocycles. The highest BCUT2D eigenvalue weighted by molar-refractivity contribution is 5.21. The van der Waals surface area contributed by atoms with Gasteiger partial charge in [-0.15, -0.1) is 0 Å². The van der Waals surface area contributed by atoms with Crippen LogP contribution in [0.5, 0.6) is 0 Å². The highest BCUT2D eigenvalue weighted by Crippen LogP contribution is 2.20. The van der Waals surface area contributed by atoms with Gasteiger partial charge in [-0.3, -0.25) is 0 Å². The van der Waals surface area contributed by atoms with Gasteiger partial charge in [0.25, 0.3) is 0 Å². The van der Waals surface area contributed by atoms with Crippen LogP contribution in [0.1, 0.15) is 31.4 Å². The SMILES string of the molecule is CCNC(CCN(C)CCCOC)c1ccccc1F. The van der Waals surface area contributed by atoms with Crippen LogP contribution in [0.3, 0.4) is 0 Å². The maximum absolute atomic E-state index is 13.9. The van der Waals surface area contributed by atoms with Crippen molar-refractivity contribution in [1.29, 1.82) is 0 Å². The maximum Gasteiger partial charge on any atom is 0.127 e. The zero-order valence-corrected chi connectivity index (χ0v) is 12.9. The summed E-state index contributed by atoms with van der Waals surface area (Å²) in [6.07, 6.45) is 1.93. The van der Waals surface area contributed by atoms with Crippen molar-refractivity contribution in [2.45, 2.75) is 25.8 Å². The minimum atomic E-state index is -0.125. The van der Waals surface area contributed by atoms with E-state index < -0.39 is 0 Å². The van der Waals surface area contributed by atoms with Crippen LogP contribution in [0.2, 0.25) is 0 Å². The van der Waals surface area contributed by atoms with E-state index in [0.29, 0.717) is 0 Å². The van der Waals surface area contributed by atoms with Crippen molar-refractivity contribution in [2.75, 3.05) is 40.4 Å². The predicted octanol–water partition coefficient (Wildman–Crippen LogP) is 2.83. The summed E-state index contributed by atoms with van der Waals surface area (Å²) < 4.78 is 18.9. The number of halogens is 1. The lowest BCUT2D eigenvalue weighted by atomic mass is 10.0. The van der Waals surface area contributed by atoms with Crippen LogP contribution in [-0.4, -0.2) is 45.3 Å². The lowest BCUT2D eigenvalue weighted by Gasteiger charge is -2.23. The summed E-state index contributed by atoms with van der Waals surface area (Å²) in [7, 11) is 3.82. The van der Waals surface area contributed by atoms with Crippen molar-refractivity contribution in [1.82, 2.24) is 10.2 Å². The van der Waals surface area contributed by atoms with Crippen LogP contribution in [0, 0.1) is 5.82 Å². The van der Waals surface area contributed by atoms with Gasteiger partial charge < -0.3 is 15.0 Å². The lowest BCUT2D eigenvalue weighted by molar-refractivity contribution is 0.178. The van der Waals surface area contributed by atoms with Gasteiger partial charge in [0.1, 0.15) is 5.82 Å².